The Balaban J connectivity index is 4.08. The van der Waals surface area contributed by atoms with Crippen molar-refractivity contribution >= 4 is 0 Å². The van der Waals surface area contributed by atoms with Gasteiger partial charge in [0.1, 0.15) is 0 Å². The van der Waals surface area contributed by atoms with Gasteiger partial charge in [0, 0.05) is 12.6 Å². The third-order valence-corrected chi connectivity index (χ3v) is 3.66. The summed E-state index contributed by atoms with van der Waals surface area (Å²) in [6.07, 6.45) is 6.06. The third kappa shape index (κ3) is 7.77. The minimum atomic E-state index is 0.228. The first kappa shape index (κ1) is 16.9. The van der Waals surface area contributed by atoms with E-state index in [0.717, 1.165) is 18.9 Å². The smallest absolute Gasteiger partial charge is 0.0446 e. The summed E-state index contributed by atoms with van der Waals surface area (Å²) < 4.78 is 0. The SMILES string of the molecule is CCCCC(CC)CNC(CCO)C(C)(C)C. The van der Waals surface area contributed by atoms with E-state index in [1.807, 2.05) is 0 Å². The first-order valence-electron chi connectivity index (χ1n) is 7.29. The predicted molar refractivity (Wildman–Crippen MR) is 76.3 cm³/mol. The molecular formula is C15H33NO. The van der Waals surface area contributed by atoms with Crippen LogP contribution in [0.1, 0.15) is 66.7 Å². The molecule has 0 radical (unpaired) electrons. The summed E-state index contributed by atoms with van der Waals surface area (Å²) in [5.74, 6) is 0.790. The van der Waals surface area contributed by atoms with Crippen LogP contribution in [-0.4, -0.2) is 24.3 Å². The Hall–Kier alpha value is -0.0800. The quantitative estimate of drug-likeness (QED) is 0.648. The highest BCUT2D eigenvalue weighted by atomic mass is 16.3. The molecule has 0 saturated carbocycles. The summed E-state index contributed by atoms with van der Waals surface area (Å²) in [5, 5.41) is 12.8. The molecule has 0 aliphatic heterocycles. The lowest BCUT2D eigenvalue weighted by molar-refractivity contribution is 0.190. The summed E-state index contributed by atoms with van der Waals surface area (Å²) in [7, 11) is 0. The molecule has 2 heteroatoms. The lowest BCUT2D eigenvalue weighted by Crippen LogP contribution is -2.43. The fourth-order valence-corrected chi connectivity index (χ4v) is 2.22. The molecule has 0 aromatic rings. The Morgan fingerprint density at radius 3 is 2.18 bits per heavy atom. The van der Waals surface area contributed by atoms with Crippen molar-refractivity contribution < 1.29 is 5.11 Å². The van der Waals surface area contributed by atoms with Gasteiger partial charge < -0.3 is 10.4 Å². The zero-order chi connectivity index (χ0) is 13.3. The zero-order valence-electron chi connectivity index (χ0n) is 12.6. The van der Waals surface area contributed by atoms with Gasteiger partial charge in [-0.3, -0.25) is 0 Å². The Kier molecular flexibility index (Phi) is 8.89. The second-order valence-electron chi connectivity index (χ2n) is 6.26. The molecule has 0 aromatic heterocycles. The molecule has 104 valence electrons. The number of nitrogens with one attached hydrogen (secondary N) is 1. The molecule has 0 spiro atoms. The van der Waals surface area contributed by atoms with E-state index < -0.39 is 0 Å². The van der Waals surface area contributed by atoms with Crippen LogP contribution in [0.5, 0.6) is 0 Å². The first-order chi connectivity index (χ1) is 7.95. The largest absolute Gasteiger partial charge is 0.396 e. The fourth-order valence-electron chi connectivity index (χ4n) is 2.22. The second-order valence-corrected chi connectivity index (χ2v) is 6.26. The fraction of sp³-hybridized carbons (Fsp3) is 1.00. The molecule has 17 heavy (non-hydrogen) atoms. The van der Waals surface area contributed by atoms with E-state index >= 15 is 0 Å². The van der Waals surface area contributed by atoms with Crippen LogP contribution in [0.25, 0.3) is 0 Å². The molecule has 0 bridgehead atoms. The van der Waals surface area contributed by atoms with E-state index in [9.17, 15) is 0 Å². The predicted octanol–water partition coefficient (Wildman–Crippen LogP) is 3.59. The van der Waals surface area contributed by atoms with Gasteiger partial charge in [0.15, 0.2) is 0 Å². The number of aliphatic hydroxyl groups is 1. The van der Waals surface area contributed by atoms with Gasteiger partial charge in [0.2, 0.25) is 0 Å². The van der Waals surface area contributed by atoms with Crippen LogP contribution in [0.15, 0.2) is 0 Å². The average Bonchev–Trinajstić information content (AvgIpc) is 2.26. The van der Waals surface area contributed by atoms with Crippen molar-refractivity contribution in [2.75, 3.05) is 13.2 Å². The summed E-state index contributed by atoms with van der Waals surface area (Å²) in [4.78, 5) is 0. The normalized spacial score (nSPS) is 15.9. The van der Waals surface area contributed by atoms with E-state index in [4.69, 9.17) is 5.11 Å². The maximum Gasteiger partial charge on any atom is 0.0446 e. The molecule has 0 fully saturated rings. The summed E-state index contributed by atoms with van der Waals surface area (Å²) in [6.45, 7) is 12.6. The minimum Gasteiger partial charge on any atom is -0.396 e. The van der Waals surface area contributed by atoms with Crippen molar-refractivity contribution in [1.29, 1.82) is 0 Å². The summed E-state index contributed by atoms with van der Waals surface area (Å²) in [5.41, 5.74) is 0.228. The second kappa shape index (κ2) is 8.93. The molecule has 0 amide bonds. The molecule has 0 aliphatic carbocycles. The van der Waals surface area contributed by atoms with Gasteiger partial charge in [0.25, 0.3) is 0 Å². The van der Waals surface area contributed by atoms with Gasteiger partial charge in [-0.1, -0.05) is 53.9 Å². The van der Waals surface area contributed by atoms with Gasteiger partial charge >= 0.3 is 0 Å². The lowest BCUT2D eigenvalue weighted by atomic mass is 9.84. The van der Waals surface area contributed by atoms with E-state index in [-0.39, 0.29) is 12.0 Å². The Morgan fingerprint density at radius 2 is 1.76 bits per heavy atom. The van der Waals surface area contributed by atoms with Gasteiger partial charge in [-0.15, -0.1) is 0 Å². The number of unbranched alkanes of at least 4 members (excludes halogenated alkanes) is 1. The number of hydrogen-bond acceptors (Lipinski definition) is 2. The lowest BCUT2D eigenvalue weighted by Gasteiger charge is -2.32. The van der Waals surface area contributed by atoms with E-state index in [0.29, 0.717) is 6.04 Å². The Labute approximate surface area is 108 Å². The van der Waals surface area contributed by atoms with Gasteiger partial charge in [0.05, 0.1) is 0 Å². The van der Waals surface area contributed by atoms with Crippen LogP contribution in [0.4, 0.5) is 0 Å². The number of hydrogen-bond donors (Lipinski definition) is 2. The summed E-state index contributed by atoms with van der Waals surface area (Å²) >= 11 is 0. The number of rotatable bonds is 9. The van der Waals surface area contributed by atoms with Crippen molar-refractivity contribution in [3.8, 4) is 0 Å². The van der Waals surface area contributed by atoms with Crippen molar-refractivity contribution in [3.05, 3.63) is 0 Å². The molecule has 0 saturated heterocycles. The molecule has 2 unspecified atom stereocenters. The number of aliphatic hydroxyl groups excluding tert-OH is 1. The van der Waals surface area contributed by atoms with E-state index in [1.54, 1.807) is 0 Å². The molecule has 0 aliphatic rings. The molecular weight excluding hydrogens is 210 g/mol. The van der Waals surface area contributed by atoms with Crippen molar-refractivity contribution in [1.82, 2.24) is 5.32 Å². The van der Waals surface area contributed by atoms with E-state index in [1.165, 1.54) is 25.7 Å². The molecule has 0 aromatic carbocycles. The highest BCUT2D eigenvalue weighted by Crippen LogP contribution is 2.22. The monoisotopic (exact) mass is 243 g/mol. The average molecular weight is 243 g/mol. The third-order valence-electron chi connectivity index (χ3n) is 3.66. The Bertz CT molecular complexity index is 174. The van der Waals surface area contributed by atoms with Crippen LogP contribution in [-0.2, 0) is 0 Å². The van der Waals surface area contributed by atoms with E-state index in [2.05, 4.69) is 39.9 Å². The molecule has 2 atom stereocenters. The van der Waals surface area contributed by atoms with Crippen LogP contribution >= 0.6 is 0 Å². The maximum absolute atomic E-state index is 9.12. The van der Waals surface area contributed by atoms with Gasteiger partial charge in [-0.25, -0.2) is 0 Å². The van der Waals surface area contributed by atoms with Crippen molar-refractivity contribution in [2.24, 2.45) is 11.3 Å². The van der Waals surface area contributed by atoms with Crippen LogP contribution < -0.4 is 5.32 Å². The highest BCUT2D eigenvalue weighted by Gasteiger charge is 2.24. The molecule has 2 N–H and O–H groups in total. The molecule has 0 rings (SSSR count). The van der Waals surface area contributed by atoms with Gasteiger partial charge in [-0.2, -0.15) is 0 Å². The minimum absolute atomic E-state index is 0.228. The Morgan fingerprint density at radius 1 is 1.12 bits per heavy atom. The van der Waals surface area contributed by atoms with Crippen LogP contribution in [0, 0.1) is 11.3 Å². The first-order valence-corrected chi connectivity index (χ1v) is 7.29. The van der Waals surface area contributed by atoms with Crippen molar-refractivity contribution in [3.63, 3.8) is 0 Å². The zero-order valence-corrected chi connectivity index (χ0v) is 12.6. The van der Waals surface area contributed by atoms with Crippen LogP contribution in [0.2, 0.25) is 0 Å². The van der Waals surface area contributed by atoms with Gasteiger partial charge in [-0.05, 0) is 30.7 Å². The highest BCUT2D eigenvalue weighted by molar-refractivity contribution is 4.81. The molecule has 0 heterocycles. The van der Waals surface area contributed by atoms with Crippen LogP contribution in [0.3, 0.4) is 0 Å². The summed E-state index contributed by atoms with van der Waals surface area (Å²) in [6, 6.07) is 0.420. The van der Waals surface area contributed by atoms with Crippen molar-refractivity contribution in [2.45, 2.75) is 72.8 Å². The standard InChI is InChI=1S/C15H33NO/c1-6-8-9-13(7-2)12-16-14(10-11-17)15(3,4)5/h13-14,16-17H,6-12H2,1-5H3. The maximum atomic E-state index is 9.12. The molecule has 2 nitrogen and oxygen atoms in total. The topological polar surface area (TPSA) is 32.3 Å².